The Bertz CT molecular complexity index is 770. The van der Waals surface area contributed by atoms with E-state index in [0.29, 0.717) is 5.16 Å². The molecule has 0 unspecified atom stereocenters. The van der Waals surface area contributed by atoms with Crippen LogP contribution in [0.15, 0.2) is 35.7 Å². The van der Waals surface area contributed by atoms with Gasteiger partial charge in [-0.25, -0.2) is 0 Å². The molecule has 0 saturated carbocycles. The predicted octanol–water partition coefficient (Wildman–Crippen LogP) is 1.66. The van der Waals surface area contributed by atoms with Gasteiger partial charge in [-0.2, -0.15) is 0 Å². The van der Waals surface area contributed by atoms with Gasteiger partial charge in [-0.15, -0.1) is 10.2 Å². The maximum absolute atomic E-state index is 12.1. The van der Waals surface area contributed by atoms with Gasteiger partial charge in [0.15, 0.2) is 5.16 Å². The topological polar surface area (TPSA) is 80.1 Å². The number of hydrogen-bond acceptors (Lipinski definition) is 5. The van der Waals surface area contributed by atoms with Crippen LogP contribution < -0.4 is 5.32 Å². The predicted molar refractivity (Wildman–Crippen MR) is 100 cm³/mol. The van der Waals surface area contributed by atoms with Crippen LogP contribution in [0.4, 0.5) is 0 Å². The Morgan fingerprint density at radius 2 is 2.00 bits per heavy atom. The standard InChI is InChI=1S/C18H23N5O2S/c1-2-14-7-3-4-8-15(14)23-13-20-21-18(23)26-12-16(24)19-11-17(25)22-9-5-6-10-22/h3-4,7-8,13H,2,5-6,9-12H2,1H3,(H,19,24). The van der Waals surface area contributed by atoms with Crippen LogP contribution in [-0.4, -0.2) is 56.9 Å². The van der Waals surface area contributed by atoms with Crippen molar-refractivity contribution in [2.75, 3.05) is 25.4 Å². The van der Waals surface area contributed by atoms with E-state index in [1.807, 2.05) is 22.8 Å². The Balaban J connectivity index is 1.54. The average molecular weight is 373 g/mol. The highest BCUT2D eigenvalue weighted by molar-refractivity contribution is 7.99. The zero-order valence-electron chi connectivity index (χ0n) is 14.9. The Morgan fingerprint density at radius 3 is 2.77 bits per heavy atom. The molecular formula is C18H23N5O2S. The van der Waals surface area contributed by atoms with Crippen LogP contribution in [-0.2, 0) is 16.0 Å². The fourth-order valence-electron chi connectivity index (χ4n) is 2.97. The lowest BCUT2D eigenvalue weighted by molar-refractivity contribution is -0.131. The van der Waals surface area contributed by atoms with Gasteiger partial charge in [0.25, 0.3) is 0 Å². The van der Waals surface area contributed by atoms with Crippen molar-refractivity contribution >= 4 is 23.6 Å². The van der Waals surface area contributed by atoms with E-state index in [4.69, 9.17) is 0 Å². The van der Waals surface area contributed by atoms with E-state index in [1.165, 1.54) is 17.3 Å². The van der Waals surface area contributed by atoms with E-state index in [0.717, 1.165) is 38.0 Å². The van der Waals surface area contributed by atoms with E-state index >= 15 is 0 Å². The van der Waals surface area contributed by atoms with Crippen molar-refractivity contribution in [3.8, 4) is 5.69 Å². The van der Waals surface area contributed by atoms with Crippen molar-refractivity contribution in [1.82, 2.24) is 25.0 Å². The number of amides is 2. The molecule has 2 amide bonds. The first-order valence-corrected chi connectivity index (χ1v) is 9.83. The summed E-state index contributed by atoms with van der Waals surface area (Å²) < 4.78 is 1.90. The first-order chi connectivity index (χ1) is 12.7. The lowest BCUT2D eigenvalue weighted by atomic mass is 10.1. The summed E-state index contributed by atoms with van der Waals surface area (Å²) in [5, 5.41) is 11.5. The number of carbonyl (C=O) groups is 2. The van der Waals surface area contributed by atoms with Crippen LogP contribution in [0.3, 0.4) is 0 Å². The number of carbonyl (C=O) groups excluding carboxylic acids is 2. The number of hydrogen-bond donors (Lipinski definition) is 1. The first kappa shape index (κ1) is 18.4. The number of thioether (sulfide) groups is 1. The van der Waals surface area contributed by atoms with Gasteiger partial charge in [-0.05, 0) is 30.9 Å². The highest BCUT2D eigenvalue weighted by Crippen LogP contribution is 2.22. The van der Waals surface area contributed by atoms with E-state index in [2.05, 4.69) is 28.5 Å². The van der Waals surface area contributed by atoms with Crippen molar-refractivity contribution in [1.29, 1.82) is 0 Å². The number of nitrogens with one attached hydrogen (secondary N) is 1. The van der Waals surface area contributed by atoms with Gasteiger partial charge >= 0.3 is 0 Å². The molecule has 138 valence electrons. The van der Waals surface area contributed by atoms with Gasteiger partial charge < -0.3 is 10.2 Å². The third kappa shape index (κ3) is 4.43. The number of likely N-dealkylation sites (tertiary alicyclic amines) is 1. The molecule has 0 atom stereocenters. The van der Waals surface area contributed by atoms with Gasteiger partial charge in [0, 0.05) is 13.1 Å². The minimum atomic E-state index is -0.180. The maximum atomic E-state index is 12.1. The fraction of sp³-hybridized carbons (Fsp3) is 0.444. The zero-order valence-corrected chi connectivity index (χ0v) is 15.7. The van der Waals surface area contributed by atoms with Crippen LogP contribution in [0.5, 0.6) is 0 Å². The highest BCUT2D eigenvalue weighted by atomic mass is 32.2. The van der Waals surface area contributed by atoms with Crippen molar-refractivity contribution in [2.45, 2.75) is 31.3 Å². The third-order valence-corrected chi connectivity index (χ3v) is 5.32. The quantitative estimate of drug-likeness (QED) is 0.747. The fourth-order valence-corrected chi connectivity index (χ4v) is 3.72. The summed E-state index contributed by atoms with van der Waals surface area (Å²) >= 11 is 1.31. The van der Waals surface area contributed by atoms with Gasteiger partial charge in [-0.3, -0.25) is 14.2 Å². The Morgan fingerprint density at radius 1 is 1.23 bits per heavy atom. The molecule has 0 spiro atoms. The molecule has 1 aromatic carbocycles. The monoisotopic (exact) mass is 373 g/mol. The van der Waals surface area contributed by atoms with Crippen LogP contribution >= 0.6 is 11.8 Å². The Hall–Kier alpha value is -2.35. The van der Waals surface area contributed by atoms with Crippen molar-refractivity contribution in [3.05, 3.63) is 36.2 Å². The molecule has 0 bridgehead atoms. The molecule has 1 aliphatic heterocycles. The number of benzene rings is 1. The van der Waals surface area contributed by atoms with Gasteiger partial charge in [0.05, 0.1) is 18.0 Å². The second-order valence-corrected chi connectivity index (χ2v) is 7.06. The third-order valence-electron chi connectivity index (χ3n) is 4.38. The molecule has 0 aliphatic carbocycles. The highest BCUT2D eigenvalue weighted by Gasteiger charge is 2.18. The molecule has 1 saturated heterocycles. The molecule has 26 heavy (non-hydrogen) atoms. The zero-order chi connectivity index (χ0) is 18.4. The minimum Gasteiger partial charge on any atom is -0.346 e. The number of para-hydroxylation sites is 1. The van der Waals surface area contributed by atoms with Crippen molar-refractivity contribution in [3.63, 3.8) is 0 Å². The average Bonchev–Trinajstić information content (AvgIpc) is 3.36. The molecule has 7 nitrogen and oxygen atoms in total. The summed E-state index contributed by atoms with van der Waals surface area (Å²) in [7, 11) is 0. The normalized spacial score (nSPS) is 13.8. The van der Waals surface area contributed by atoms with Gasteiger partial charge in [-0.1, -0.05) is 36.9 Å². The number of nitrogens with zero attached hydrogens (tertiary/aromatic N) is 4. The summed E-state index contributed by atoms with van der Waals surface area (Å²) in [6, 6.07) is 8.06. The minimum absolute atomic E-state index is 0.0131. The number of aryl methyl sites for hydroxylation is 1. The summed E-state index contributed by atoms with van der Waals surface area (Å²) in [4.78, 5) is 25.8. The Kier molecular flexibility index (Phi) is 6.27. The van der Waals surface area contributed by atoms with Crippen molar-refractivity contribution < 1.29 is 9.59 Å². The Labute approximate surface area is 157 Å². The van der Waals surface area contributed by atoms with E-state index < -0.39 is 0 Å². The molecule has 2 heterocycles. The molecule has 8 heteroatoms. The van der Waals surface area contributed by atoms with Gasteiger partial charge in [0.1, 0.15) is 6.33 Å². The number of rotatable bonds is 7. The lowest BCUT2D eigenvalue weighted by Crippen LogP contribution is -2.39. The second-order valence-electron chi connectivity index (χ2n) is 6.12. The summed E-state index contributed by atoms with van der Waals surface area (Å²) in [6.07, 6.45) is 4.65. The largest absolute Gasteiger partial charge is 0.346 e. The first-order valence-electron chi connectivity index (χ1n) is 8.84. The van der Waals surface area contributed by atoms with Crippen molar-refractivity contribution in [2.24, 2.45) is 0 Å². The lowest BCUT2D eigenvalue weighted by Gasteiger charge is -2.15. The van der Waals surface area contributed by atoms with Gasteiger partial charge in [0.2, 0.25) is 11.8 Å². The molecule has 1 fully saturated rings. The molecule has 1 aromatic heterocycles. The van der Waals surface area contributed by atoms with Crippen LogP contribution in [0.1, 0.15) is 25.3 Å². The molecule has 3 rings (SSSR count). The smallest absolute Gasteiger partial charge is 0.241 e. The maximum Gasteiger partial charge on any atom is 0.241 e. The van der Waals surface area contributed by atoms with Crippen LogP contribution in [0.25, 0.3) is 5.69 Å². The van der Waals surface area contributed by atoms with E-state index in [-0.39, 0.29) is 24.1 Å². The molecule has 1 N–H and O–H groups in total. The second kappa shape index (κ2) is 8.84. The van der Waals surface area contributed by atoms with Crippen LogP contribution in [0.2, 0.25) is 0 Å². The summed E-state index contributed by atoms with van der Waals surface area (Å²) in [5.41, 5.74) is 2.21. The SMILES string of the molecule is CCc1ccccc1-n1cnnc1SCC(=O)NCC(=O)N1CCCC1. The molecular weight excluding hydrogens is 350 g/mol. The van der Waals surface area contributed by atoms with E-state index in [9.17, 15) is 9.59 Å². The van der Waals surface area contributed by atoms with E-state index in [1.54, 1.807) is 11.2 Å². The number of aromatic nitrogens is 3. The summed E-state index contributed by atoms with van der Waals surface area (Å²) in [5.74, 6) is 0.00190. The van der Waals surface area contributed by atoms with Crippen LogP contribution in [0, 0.1) is 0 Å². The molecule has 1 aliphatic rings. The molecule has 0 radical (unpaired) electrons. The summed E-state index contributed by atoms with van der Waals surface area (Å²) in [6.45, 7) is 3.75. The molecule has 2 aromatic rings.